The van der Waals surface area contributed by atoms with Crippen LogP contribution in [-0.2, 0) is 12.8 Å². The quantitative estimate of drug-likeness (QED) is 0.705. The number of halogens is 2. The van der Waals surface area contributed by atoms with Gasteiger partial charge in [-0.1, -0.05) is 0 Å². The van der Waals surface area contributed by atoms with E-state index in [1.165, 1.54) is 6.07 Å². The van der Waals surface area contributed by atoms with Crippen molar-refractivity contribution in [2.75, 3.05) is 0 Å². The minimum atomic E-state index is -0.536. The predicted molar refractivity (Wildman–Crippen MR) is 58.2 cm³/mol. The Balaban J connectivity index is 2.30. The summed E-state index contributed by atoms with van der Waals surface area (Å²) in [5, 5.41) is 0.641. The topological polar surface area (TPSA) is 41.8 Å². The molecule has 0 spiro atoms. The number of rotatable bonds is 0. The summed E-state index contributed by atoms with van der Waals surface area (Å²) in [5.74, 6) is -1.07. The number of hydrogen-bond donors (Lipinski definition) is 2. The average molecular weight is 222 g/mol. The summed E-state index contributed by atoms with van der Waals surface area (Å²) < 4.78 is 26.7. The van der Waals surface area contributed by atoms with Gasteiger partial charge < -0.3 is 10.7 Å². The maximum atomic E-state index is 13.5. The molecule has 1 heterocycles. The standard InChI is InChI=1S/C12H12F2N2/c13-6-3-9-8-5-7(15)1-2-11(8)16-12(9)10(14)4-6/h3-4,7,16H,1-2,5,15H2. The molecule has 1 aliphatic rings. The Kier molecular flexibility index (Phi) is 2.01. The number of benzene rings is 1. The zero-order chi connectivity index (χ0) is 11.3. The van der Waals surface area contributed by atoms with Gasteiger partial charge in [-0.2, -0.15) is 0 Å². The van der Waals surface area contributed by atoms with Gasteiger partial charge in [0, 0.05) is 23.2 Å². The van der Waals surface area contributed by atoms with Crippen LogP contribution in [0, 0.1) is 11.6 Å². The fourth-order valence-corrected chi connectivity index (χ4v) is 2.47. The van der Waals surface area contributed by atoms with Crippen LogP contribution < -0.4 is 5.73 Å². The van der Waals surface area contributed by atoms with Crippen molar-refractivity contribution in [1.82, 2.24) is 4.98 Å². The van der Waals surface area contributed by atoms with Gasteiger partial charge in [-0.15, -0.1) is 0 Å². The molecule has 0 amide bonds. The third-order valence-electron chi connectivity index (χ3n) is 3.25. The van der Waals surface area contributed by atoms with Gasteiger partial charge in [0.05, 0.1) is 5.52 Å². The van der Waals surface area contributed by atoms with Crippen molar-refractivity contribution in [3.05, 3.63) is 35.0 Å². The van der Waals surface area contributed by atoms with Gasteiger partial charge in [-0.05, 0) is 30.9 Å². The second-order valence-corrected chi connectivity index (χ2v) is 4.40. The molecule has 0 saturated heterocycles. The average Bonchev–Trinajstić information content (AvgIpc) is 2.57. The van der Waals surface area contributed by atoms with E-state index >= 15 is 0 Å². The molecule has 0 saturated carbocycles. The highest BCUT2D eigenvalue weighted by atomic mass is 19.1. The van der Waals surface area contributed by atoms with Crippen LogP contribution in [0.1, 0.15) is 17.7 Å². The Morgan fingerprint density at radius 2 is 2.12 bits per heavy atom. The van der Waals surface area contributed by atoms with Crippen LogP contribution in [0.5, 0.6) is 0 Å². The number of aromatic amines is 1. The Hall–Kier alpha value is -1.42. The largest absolute Gasteiger partial charge is 0.356 e. The van der Waals surface area contributed by atoms with E-state index in [0.717, 1.165) is 30.2 Å². The second kappa shape index (κ2) is 3.28. The second-order valence-electron chi connectivity index (χ2n) is 4.40. The van der Waals surface area contributed by atoms with Crippen molar-refractivity contribution in [3.8, 4) is 0 Å². The molecule has 1 aromatic heterocycles. The Morgan fingerprint density at radius 3 is 2.94 bits per heavy atom. The van der Waals surface area contributed by atoms with Gasteiger partial charge in [-0.25, -0.2) is 8.78 Å². The van der Waals surface area contributed by atoms with Crippen LogP contribution in [0.25, 0.3) is 10.9 Å². The van der Waals surface area contributed by atoms with Crippen LogP contribution in [0.15, 0.2) is 12.1 Å². The zero-order valence-corrected chi connectivity index (χ0v) is 8.69. The van der Waals surface area contributed by atoms with Gasteiger partial charge in [0.1, 0.15) is 11.6 Å². The van der Waals surface area contributed by atoms with E-state index in [1.54, 1.807) is 0 Å². The lowest BCUT2D eigenvalue weighted by Gasteiger charge is -2.17. The minimum Gasteiger partial charge on any atom is -0.356 e. The van der Waals surface area contributed by atoms with Gasteiger partial charge in [0.25, 0.3) is 0 Å². The lowest BCUT2D eigenvalue weighted by molar-refractivity contribution is 0.573. The molecule has 1 aromatic carbocycles. The first-order valence-corrected chi connectivity index (χ1v) is 5.39. The summed E-state index contributed by atoms with van der Waals surface area (Å²) >= 11 is 0. The lowest BCUT2D eigenvalue weighted by atomic mass is 9.92. The van der Waals surface area contributed by atoms with Gasteiger partial charge in [-0.3, -0.25) is 0 Å². The molecule has 16 heavy (non-hydrogen) atoms. The highest BCUT2D eigenvalue weighted by molar-refractivity contribution is 5.85. The van der Waals surface area contributed by atoms with E-state index in [9.17, 15) is 8.78 Å². The van der Waals surface area contributed by atoms with Crippen LogP contribution >= 0.6 is 0 Å². The van der Waals surface area contributed by atoms with Crippen molar-refractivity contribution >= 4 is 10.9 Å². The number of fused-ring (bicyclic) bond motifs is 3. The maximum absolute atomic E-state index is 13.5. The molecular weight excluding hydrogens is 210 g/mol. The fourth-order valence-electron chi connectivity index (χ4n) is 2.47. The Bertz CT molecular complexity index is 560. The molecule has 4 heteroatoms. The molecule has 3 N–H and O–H groups in total. The summed E-state index contributed by atoms with van der Waals surface area (Å²) in [7, 11) is 0. The van der Waals surface area contributed by atoms with E-state index in [1.807, 2.05) is 0 Å². The van der Waals surface area contributed by atoms with E-state index in [4.69, 9.17) is 5.73 Å². The molecule has 1 unspecified atom stereocenters. The summed E-state index contributed by atoms with van der Waals surface area (Å²) in [6.45, 7) is 0. The van der Waals surface area contributed by atoms with Crippen LogP contribution in [0.3, 0.4) is 0 Å². The first-order valence-electron chi connectivity index (χ1n) is 5.39. The highest BCUT2D eigenvalue weighted by Crippen LogP contribution is 2.30. The normalized spacial score (nSPS) is 20.1. The van der Waals surface area contributed by atoms with Gasteiger partial charge in [0.15, 0.2) is 0 Å². The zero-order valence-electron chi connectivity index (χ0n) is 8.69. The van der Waals surface area contributed by atoms with Gasteiger partial charge in [0.2, 0.25) is 0 Å². The highest BCUT2D eigenvalue weighted by Gasteiger charge is 2.21. The minimum absolute atomic E-state index is 0.0952. The number of nitrogens with one attached hydrogen (secondary N) is 1. The van der Waals surface area contributed by atoms with Crippen molar-refractivity contribution in [3.63, 3.8) is 0 Å². The SMILES string of the molecule is NC1CCc2[nH]c3c(F)cc(F)cc3c2C1. The summed E-state index contributed by atoms with van der Waals surface area (Å²) in [6, 6.07) is 2.38. The Labute approximate surface area is 91.4 Å². The molecule has 0 aliphatic heterocycles. The number of hydrogen-bond acceptors (Lipinski definition) is 1. The molecule has 84 valence electrons. The van der Waals surface area contributed by atoms with E-state index in [0.29, 0.717) is 17.3 Å². The number of nitrogens with two attached hydrogens (primary N) is 1. The third-order valence-corrected chi connectivity index (χ3v) is 3.25. The third kappa shape index (κ3) is 1.33. The molecule has 2 nitrogen and oxygen atoms in total. The predicted octanol–water partition coefficient (Wildman–Crippen LogP) is 2.26. The van der Waals surface area contributed by atoms with Crippen molar-refractivity contribution in [1.29, 1.82) is 0 Å². The maximum Gasteiger partial charge on any atom is 0.150 e. The summed E-state index contributed by atoms with van der Waals surface area (Å²) in [4.78, 5) is 3.03. The number of H-pyrrole nitrogens is 1. The van der Waals surface area contributed by atoms with Crippen molar-refractivity contribution in [2.24, 2.45) is 5.73 Å². The molecular formula is C12H12F2N2. The van der Waals surface area contributed by atoms with Crippen LogP contribution in [-0.4, -0.2) is 11.0 Å². The Morgan fingerprint density at radius 1 is 1.31 bits per heavy atom. The van der Waals surface area contributed by atoms with E-state index in [2.05, 4.69) is 4.98 Å². The lowest BCUT2D eigenvalue weighted by Crippen LogP contribution is -2.27. The van der Waals surface area contributed by atoms with Crippen molar-refractivity contribution < 1.29 is 8.78 Å². The molecule has 3 rings (SSSR count). The summed E-state index contributed by atoms with van der Waals surface area (Å²) in [6.07, 6.45) is 2.40. The smallest absolute Gasteiger partial charge is 0.150 e. The molecule has 0 bridgehead atoms. The molecule has 1 aliphatic carbocycles. The van der Waals surface area contributed by atoms with E-state index in [-0.39, 0.29) is 6.04 Å². The molecule has 1 atom stereocenters. The first kappa shape index (κ1) is 9.78. The van der Waals surface area contributed by atoms with Gasteiger partial charge >= 0.3 is 0 Å². The fraction of sp³-hybridized carbons (Fsp3) is 0.333. The molecule has 0 radical (unpaired) electrons. The van der Waals surface area contributed by atoms with Crippen molar-refractivity contribution in [2.45, 2.75) is 25.3 Å². The van der Waals surface area contributed by atoms with E-state index < -0.39 is 11.6 Å². The number of aromatic nitrogens is 1. The van der Waals surface area contributed by atoms with Crippen LogP contribution in [0.4, 0.5) is 8.78 Å². The number of aryl methyl sites for hydroxylation is 1. The first-order chi connectivity index (χ1) is 7.65. The monoisotopic (exact) mass is 222 g/mol. The molecule has 2 aromatic rings. The molecule has 0 fully saturated rings. The summed E-state index contributed by atoms with van der Waals surface area (Å²) in [5.41, 5.74) is 8.26. The van der Waals surface area contributed by atoms with Crippen LogP contribution in [0.2, 0.25) is 0 Å².